The van der Waals surface area contributed by atoms with Crippen LogP contribution in [-0.4, -0.2) is 46.4 Å². The molecular formula is C19H21N5O2. The van der Waals surface area contributed by atoms with Gasteiger partial charge >= 0.3 is 0 Å². The van der Waals surface area contributed by atoms with Crippen molar-refractivity contribution in [1.82, 2.24) is 15.0 Å². The molecular weight excluding hydrogens is 330 g/mol. The van der Waals surface area contributed by atoms with Gasteiger partial charge in [-0.15, -0.1) is 0 Å². The molecule has 1 saturated carbocycles. The summed E-state index contributed by atoms with van der Waals surface area (Å²) in [6.45, 7) is 0.794. The standard InChI is InChI=1S/C19H21N5O2/c1-25-19-6-5-14(26-17-4-2-3-8-22-17)12-16(19)24(11-7-19)18-15(13-20)21-9-10-23-18/h2-4,8-10,14,16H,5-7,11-12H2,1H3/t14-,16+,19-/m1/s1. The van der Waals surface area contributed by atoms with Crippen LogP contribution in [0.2, 0.25) is 0 Å². The Hall–Kier alpha value is -2.72. The zero-order chi connectivity index (χ0) is 18.0. The summed E-state index contributed by atoms with van der Waals surface area (Å²) in [4.78, 5) is 15.0. The first-order valence-corrected chi connectivity index (χ1v) is 8.86. The zero-order valence-electron chi connectivity index (χ0n) is 14.7. The minimum Gasteiger partial charge on any atom is -0.474 e. The Morgan fingerprint density at radius 2 is 2.08 bits per heavy atom. The largest absolute Gasteiger partial charge is 0.474 e. The van der Waals surface area contributed by atoms with E-state index in [4.69, 9.17) is 9.47 Å². The molecule has 3 atom stereocenters. The van der Waals surface area contributed by atoms with Crippen molar-refractivity contribution in [3.8, 4) is 11.9 Å². The summed E-state index contributed by atoms with van der Waals surface area (Å²) in [7, 11) is 1.78. The Morgan fingerprint density at radius 1 is 1.19 bits per heavy atom. The van der Waals surface area contributed by atoms with E-state index < -0.39 is 0 Å². The van der Waals surface area contributed by atoms with Crippen LogP contribution in [0.25, 0.3) is 0 Å². The molecule has 1 saturated heterocycles. The van der Waals surface area contributed by atoms with Crippen LogP contribution >= 0.6 is 0 Å². The fraction of sp³-hybridized carbons (Fsp3) is 0.474. The second-order valence-electron chi connectivity index (χ2n) is 6.75. The van der Waals surface area contributed by atoms with E-state index in [1.165, 1.54) is 0 Å². The van der Waals surface area contributed by atoms with E-state index >= 15 is 0 Å². The van der Waals surface area contributed by atoms with Crippen molar-refractivity contribution < 1.29 is 9.47 Å². The number of fused-ring (bicyclic) bond motifs is 1. The van der Waals surface area contributed by atoms with Gasteiger partial charge in [-0.1, -0.05) is 6.07 Å². The maximum atomic E-state index is 9.40. The van der Waals surface area contributed by atoms with E-state index in [9.17, 15) is 5.26 Å². The molecule has 2 fully saturated rings. The summed E-state index contributed by atoms with van der Waals surface area (Å²) < 4.78 is 12.1. The predicted octanol–water partition coefficient (Wildman–Crippen LogP) is 2.34. The number of anilines is 1. The van der Waals surface area contributed by atoms with Crippen LogP contribution < -0.4 is 9.64 Å². The Labute approximate surface area is 152 Å². The van der Waals surface area contributed by atoms with Crippen molar-refractivity contribution in [2.45, 2.75) is 43.4 Å². The number of methoxy groups -OCH3 is 1. The van der Waals surface area contributed by atoms with Crippen molar-refractivity contribution >= 4 is 5.82 Å². The number of hydrogen-bond donors (Lipinski definition) is 0. The maximum Gasteiger partial charge on any atom is 0.213 e. The number of pyridine rings is 1. The summed E-state index contributed by atoms with van der Waals surface area (Å²) in [5.41, 5.74) is 0.126. The third-order valence-electron chi connectivity index (χ3n) is 5.52. The molecule has 26 heavy (non-hydrogen) atoms. The lowest BCUT2D eigenvalue weighted by molar-refractivity contribution is -0.0607. The van der Waals surface area contributed by atoms with Crippen molar-refractivity contribution in [3.05, 3.63) is 42.5 Å². The normalized spacial score (nSPS) is 27.6. The molecule has 0 N–H and O–H groups in total. The van der Waals surface area contributed by atoms with E-state index in [0.29, 0.717) is 17.4 Å². The summed E-state index contributed by atoms with van der Waals surface area (Å²) >= 11 is 0. The first-order valence-electron chi connectivity index (χ1n) is 8.86. The Balaban J connectivity index is 1.60. The number of hydrogen-bond acceptors (Lipinski definition) is 7. The molecule has 3 heterocycles. The van der Waals surface area contributed by atoms with Gasteiger partial charge in [-0.3, -0.25) is 0 Å². The minimum atomic E-state index is -0.228. The number of rotatable bonds is 4. The Kier molecular flexibility index (Phi) is 4.43. The summed E-state index contributed by atoms with van der Waals surface area (Å²) in [6.07, 6.45) is 8.50. The number of aromatic nitrogens is 3. The number of nitriles is 1. The van der Waals surface area contributed by atoms with Crippen LogP contribution in [-0.2, 0) is 4.74 Å². The summed E-state index contributed by atoms with van der Waals surface area (Å²) in [5.74, 6) is 1.28. The van der Waals surface area contributed by atoms with Crippen LogP contribution in [0.5, 0.6) is 5.88 Å². The van der Waals surface area contributed by atoms with Gasteiger partial charge in [0.1, 0.15) is 12.2 Å². The van der Waals surface area contributed by atoms with Crippen molar-refractivity contribution in [3.63, 3.8) is 0 Å². The smallest absolute Gasteiger partial charge is 0.213 e. The van der Waals surface area contributed by atoms with Crippen LogP contribution in [0.3, 0.4) is 0 Å². The van der Waals surface area contributed by atoms with Gasteiger partial charge in [0.15, 0.2) is 11.5 Å². The lowest BCUT2D eigenvalue weighted by atomic mass is 9.79. The van der Waals surface area contributed by atoms with Gasteiger partial charge < -0.3 is 14.4 Å². The molecule has 2 aliphatic rings. The van der Waals surface area contributed by atoms with Gasteiger partial charge in [-0.2, -0.15) is 5.26 Å². The molecule has 0 bridgehead atoms. The van der Waals surface area contributed by atoms with Gasteiger partial charge in [-0.05, 0) is 25.3 Å². The highest BCUT2D eigenvalue weighted by molar-refractivity contribution is 5.52. The monoisotopic (exact) mass is 351 g/mol. The second kappa shape index (κ2) is 6.89. The average molecular weight is 351 g/mol. The molecule has 0 spiro atoms. The molecule has 2 aromatic heterocycles. The molecule has 134 valence electrons. The topological polar surface area (TPSA) is 84.2 Å². The Bertz CT molecular complexity index is 809. The van der Waals surface area contributed by atoms with E-state index in [2.05, 4.69) is 25.9 Å². The molecule has 0 amide bonds. The van der Waals surface area contributed by atoms with Gasteiger partial charge in [0.25, 0.3) is 0 Å². The molecule has 7 nitrogen and oxygen atoms in total. The van der Waals surface area contributed by atoms with E-state index in [0.717, 1.165) is 32.2 Å². The lowest BCUT2D eigenvalue weighted by Gasteiger charge is -2.43. The first-order chi connectivity index (χ1) is 12.8. The van der Waals surface area contributed by atoms with Crippen LogP contribution in [0.1, 0.15) is 31.4 Å². The predicted molar refractivity (Wildman–Crippen MR) is 94.7 cm³/mol. The quantitative estimate of drug-likeness (QED) is 0.836. The highest BCUT2D eigenvalue weighted by atomic mass is 16.5. The van der Waals surface area contributed by atoms with Crippen molar-refractivity contribution in [2.75, 3.05) is 18.6 Å². The lowest BCUT2D eigenvalue weighted by Crippen LogP contribution is -2.52. The third-order valence-corrected chi connectivity index (χ3v) is 5.52. The van der Waals surface area contributed by atoms with E-state index in [1.807, 2.05) is 18.2 Å². The van der Waals surface area contributed by atoms with Gasteiger partial charge in [-0.25, -0.2) is 15.0 Å². The van der Waals surface area contributed by atoms with Gasteiger partial charge in [0.2, 0.25) is 5.88 Å². The number of ether oxygens (including phenoxy) is 2. The maximum absolute atomic E-state index is 9.40. The molecule has 0 unspecified atom stereocenters. The van der Waals surface area contributed by atoms with E-state index in [-0.39, 0.29) is 17.7 Å². The SMILES string of the molecule is CO[C@@]12CC[C@@H](Oc3ccccn3)C[C@@H]1N(c1nccnc1C#N)CC2. The van der Waals surface area contributed by atoms with Gasteiger partial charge in [0, 0.05) is 44.7 Å². The molecule has 7 heteroatoms. The minimum absolute atomic E-state index is 0.0565. The number of nitrogens with zero attached hydrogens (tertiary/aromatic N) is 5. The average Bonchev–Trinajstić information content (AvgIpc) is 3.08. The summed E-state index contributed by atoms with van der Waals surface area (Å²) in [6, 6.07) is 7.92. The molecule has 4 rings (SSSR count). The second-order valence-corrected chi connectivity index (χ2v) is 6.75. The van der Waals surface area contributed by atoms with Crippen molar-refractivity contribution in [1.29, 1.82) is 5.26 Å². The highest BCUT2D eigenvalue weighted by Crippen LogP contribution is 2.44. The molecule has 0 radical (unpaired) electrons. The Morgan fingerprint density at radius 3 is 2.85 bits per heavy atom. The molecule has 2 aromatic rings. The van der Waals surface area contributed by atoms with Crippen molar-refractivity contribution in [2.24, 2.45) is 0 Å². The van der Waals surface area contributed by atoms with Crippen LogP contribution in [0, 0.1) is 11.3 Å². The summed E-state index contributed by atoms with van der Waals surface area (Å²) in [5, 5.41) is 9.40. The molecule has 0 aromatic carbocycles. The van der Waals surface area contributed by atoms with E-state index in [1.54, 1.807) is 25.7 Å². The fourth-order valence-corrected chi connectivity index (χ4v) is 4.23. The third kappa shape index (κ3) is 2.86. The molecule has 1 aliphatic carbocycles. The van der Waals surface area contributed by atoms with Gasteiger partial charge in [0.05, 0.1) is 11.6 Å². The van der Waals surface area contributed by atoms with Crippen LogP contribution in [0.4, 0.5) is 5.82 Å². The van der Waals surface area contributed by atoms with Crippen LogP contribution in [0.15, 0.2) is 36.8 Å². The molecule has 1 aliphatic heterocycles. The highest BCUT2D eigenvalue weighted by Gasteiger charge is 2.52. The fourth-order valence-electron chi connectivity index (χ4n) is 4.23. The first kappa shape index (κ1) is 16.7. The zero-order valence-corrected chi connectivity index (χ0v) is 14.7.